The number of aromatic amines is 1. The van der Waals surface area contributed by atoms with Gasteiger partial charge in [0, 0.05) is 28.6 Å². The molecule has 0 radical (unpaired) electrons. The van der Waals surface area contributed by atoms with E-state index in [1.165, 1.54) is 0 Å². The zero-order valence-corrected chi connectivity index (χ0v) is 13.0. The smallest absolute Gasteiger partial charge is 0.178 e. The highest BCUT2D eigenvalue weighted by Crippen LogP contribution is 2.29. The molecule has 0 saturated carbocycles. The molecule has 5 heteroatoms. The van der Waals surface area contributed by atoms with Gasteiger partial charge in [-0.1, -0.05) is 48.5 Å². The van der Waals surface area contributed by atoms with Gasteiger partial charge in [-0.2, -0.15) is 0 Å². The Labute approximate surface area is 139 Å². The number of nitrogens with one attached hydrogen (secondary N) is 1. The minimum absolute atomic E-state index is 0.295. The lowest BCUT2D eigenvalue weighted by atomic mass is 10.1. The van der Waals surface area contributed by atoms with Crippen LogP contribution in [-0.2, 0) is 6.54 Å². The molecule has 118 valence electrons. The van der Waals surface area contributed by atoms with Crippen LogP contribution < -0.4 is 11.5 Å². The normalized spacial score (nSPS) is 11.0. The maximum atomic E-state index is 6.16. The molecule has 4 rings (SSSR count). The number of para-hydroxylation sites is 1. The van der Waals surface area contributed by atoms with Crippen LogP contribution in [0.5, 0.6) is 0 Å². The van der Waals surface area contributed by atoms with E-state index in [0.29, 0.717) is 18.2 Å². The van der Waals surface area contributed by atoms with Gasteiger partial charge < -0.3 is 16.5 Å². The molecular formula is C19H17N5. The molecule has 0 bridgehead atoms. The summed E-state index contributed by atoms with van der Waals surface area (Å²) >= 11 is 0. The van der Waals surface area contributed by atoms with Gasteiger partial charge in [0.2, 0.25) is 0 Å². The third kappa shape index (κ3) is 2.41. The lowest BCUT2D eigenvalue weighted by molar-refractivity contribution is 1.02. The molecule has 0 aliphatic rings. The Morgan fingerprint density at radius 1 is 0.917 bits per heavy atom. The van der Waals surface area contributed by atoms with Crippen LogP contribution in [0.25, 0.3) is 33.7 Å². The summed E-state index contributed by atoms with van der Waals surface area (Å²) in [7, 11) is 0. The maximum absolute atomic E-state index is 6.16. The van der Waals surface area contributed by atoms with Crippen molar-refractivity contribution in [3.63, 3.8) is 0 Å². The first-order valence-corrected chi connectivity index (χ1v) is 7.76. The number of nitrogens with zero attached hydrogens (tertiary/aromatic N) is 2. The summed E-state index contributed by atoms with van der Waals surface area (Å²) in [6.07, 6.45) is 0. The van der Waals surface area contributed by atoms with E-state index in [2.05, 4.69) is 9.97 Å². The van der Waals surface area contributed by atoms with Crippen molar-refractivity contribution in [2.45, 2.75) is 6.54 Å². The molecule has 0 amide bonds. The third-order valence-electron chi connectivity index (χ3n) is 4.06. The van der Waals surface area contributed by atoms with E-state index in [0.717, 1.165) is 33.4 Å². The minimum Gasteiger partial charge on any atom is -0.383 e. The summed E-state index contributed by atoms with van der Waals surface area (Å²) < 4.78 is 0. The summed E-state index contributed by atoms with van der Waals surface area (Å²) in [5, 5.41) is 1.11. The SMILES string of the molecule is NCc1c(N)nc(-c2cc3ccccc3[nH]2)nc1-c1ccccc1. The number of anilines is 1. The first-order valence-electron chi connectivity index (χ1n) is 7.76. The molecule has 0 saturated heterocycles. The van der Waals surface area contributed by atoms with E-state index in [9.17, 15) is 0 Å². The van der Waals surface area contributed by atoms with Gasteiger partial charge in [-0.05, 0) is 12.1 Å². The van der Waals surface area contributed by atoms with Crippen LogP contribution in [-0.4, -0.2) is 15.0 Å². The number of nitrogen functional groups attached to an aromatic ring is 1. The number of fused-ring (bicyclic) bond motifs is 1. The molecule has 0 aliphatic carbocycles. The molecule has 0 unspecified atom stereocenters. The second-order valence-electron chi connectivity index (χ2n) is 5.60. The largest absolute Gasteiger partial charge is 0.383 e. The van der Waals surface area contributed by atoms with Gasteiger partial charge >= 0.3 is 0 Å². The van der Waals surface area contributed by atoms with Crippen molar-refractivity contribution in [2.75, 3.05) is 5.73 Å². The zero-order chi connectivity index (χ0) is 16.5. The van der Waals surface area contributed by atoms with Crippen molar-refractivity contribution in [2.24, 2.45) is 5.73 Å². The number of benzene rings is 2. The lowest BCUT2D eigenvalue weighted by Crippen LogP contribution is -2.09. The highest BCUT2D eigenvalue weighted by atomic mass is 15.0. The van der Waals surface area contributed by atoms with Gasteiger partial charge in [0.25, 0.3) is 0 Å². The molecule has 5 N–H and O–H groups in total. The quantitative estimate of drug-likeness (QED) is 0.540. The standard InChI is InChI=1S/C19H17N5/c20-11-14-17(12-6-2-1-3-7-12)23-19(24-18(14)21)16-10-13-8-4-5-9-15(13)22-16/h1-10,22H,11,20H2,(H2,21,23,24). The Balaban J connectivity index is 1.92. The van der Waals surface area contributed by atoms with Crippen LogP contribution in [0.2, 0.25) is 0 Å². The highest BCUT2D eigenvalue weighted by Gasteiger charge is 2.15. The summed E-state index contributed by atoms with van der Waals surface area (Å²) in [5.74, 6) is 0.986. The van der Waals surface area contributed by atoms with Crippen molar-refractivity contribution in [1.29, 1.82) is 0 Å². The zero-order valence-electron chi connectivity index (χ0n) is 13.0. The maximum Gasteiger partial charge on any atom is 0.178 e. The number of nitrogens with two attached hydrogens (primary N) is 2. The van der Waals surface area contributed by atoms with Crippen molar-refractivity contribution in [3.05, 3.63) is 66.2 Å². The molecule has 4 aromatic rings. The summed E-state index contributed by atoms with van der Waals surface area (Å²) in [6.45, 7) is 0.295. The van der Waals surface area contributed by atoms with E-state index in [1.807, 2.05) is 60.7 Å². The summed E-state index contributed by atoms with van der Waals surface area (Å²) in [4.78, 5) is 12.5. The Hall–Kier alpha value is -3.18. The number of aromatic nitrogens is 3. The fraction of sp³-hybridized carbons (Fsp3) is 0.0526. The second kappa shape index (κ2) is 5.79. The van der Waals surface area contributed by atoms with Crippen LogP contribution in [0.1, 0.15) is 5.56 Å². The van der Waals surface area contributed by atoms with Crippen LogP contribution in [0.4, 0.5) is 5.82 Å². The van der Waals surface area contributed by atoms with Gasteiger partial charge in [0.15, 0.2) is 5.82 Å². The first kappa shape index (κ1) is 14.4. The molecule has 0 aliphatic heterocycles. The third-order valence-corrected chi connectivity index (χ3v) is 4.06. The summed E-state index contributed by atoms with van der Waals surface area (Å²) in [6, 6.07) is 20.0. The van der Waals surface area contributed by atoms with Gasteiger partial charge in [0.05, 0.1) is 11.4 Å². The molecule has 2 heterocycles. The fourth-order valence-corrected chi connectivity index (χ4v) is 2.85. The molecule has 24 heavy (non-hydrogen) atoms. The number of hydrogen-bond acceptors (Lipinski definition) is 4. The van der Waals surface area contributed by atoms with Crippen molar-refractivity contribution >= 4 is 16.7 Å². The fourth-order valence-electron chi connectivity index (χ4n) is 2.85. The number of H-pyrrole nitrogens is 1. The Morgan fingerprint density at radius 3 is 2.42 bits per heavy atom. The molecular weight excluding hydrogens is 298 g/mol. The van der Waals surface area contributed by atoms with E-state index in [-0.39, 0.29) is 0 Å². The van der Waals surface area contributed by atoms with E-state index in [1.54, 1.807) is 0 Å². The monoisotopic (exact) mass is 315 g/mol. The molecule has 2 aromatic heterocycles. The van der Waals surface area contributed by atoms with Crippen LogP contribution >= 0.6 is 0 Å². The van der Waals surface area contributed by atoms with E-state index < -0.39 is 0 Å². The second-order valence-corrected chi connectivity index (χ2v) is 5.60. The van der Waals surface area contributed by atoms with Crippen molar-refractivity contribution in [3.8, 4) is 22.8 Å². The van der Waals surface area contributed by atoms with E-state index >= 15 is 0 Å². The Morgan fingerprint density at radius 2 is 1.67 bits per heavy atom. The summed E-state index contributed by atoms with van der Waals surface area (Å²) in [5.41, 5.74) is 16.4. The molecule has 5 nitrogen and oxygen atoms in total. The highest BCUT2D eigenvalue weighted by molar-refractivity contribution is 5.85. The minimum atomic E-state index is 0.295. The van der Waals surface area contributed by atoms with Gasteiger partial charge in [-0.3, -0.25) is 0 Å². The molecule has 0 spiro atoms. The van der Waals surface area contributed by atoms with Crippen LogP contribution in [0.3, 0.4) is 0 Å². The number of rotatable bonds is 3. The Kier molecular flexibility index (Phi) is 3.48. The van der Waals surface area contributed by atoms with Crippen LogP contribution in [0, 0.1) is 0 Å². The molecule has 0 atom stereocenters. The van der Waals surface area contributed by atoms with Crippen molar-refractivity contribution in [1.82, 2.24) is 15.0 Å². The number of hydrogen-bond donors (Lipinski definition) is 3. The Bertz CT molecular complexity index is 972. The predicted octanol–water partition coefficient (Wildman–Crippen LogP) is 3.33. The van der Waals surface area contributed by atoms with Gasteiger partial charge in [-0.15, -0.1) is 0 Å². The lowest BCUT2D eigenvalue weighted by Gasteiger charge is -2.11. The van der Waals surface area contributed by atoms with Crippen molar-refractivity contribution < 1.29 is 0 Å². The van der Waals surface area contributed by atoms with Gasteiger partial charge in [-0.25, -0.2) is 9.97 Å². The molecule has 2 aromatic carbocycles. The average Bonchev–Trinajstić information content (AvgIpc) is 3.06. The van der Waals surface area contributed by atoms with E-state index in [4.69, 9.17) is 16.5 Å². The molecule has 0 fully saturated rings. The van der Waals surface area contributed by atoms with Crippen LogP contribution in [0.15, 0.2) is 60.7 Å². The predicted molar refractivity (Wildman–Crippen MR) is 97.1 cm³/mol. The topological polar surface area (TPSA) is 93.6 Å². The average molecular weight is 315 g/mol. The first-order chi connectivity index (χ1) is 11.8. The van der Waals surface area contributed by atoms with Gasteiger partial charge in [0.1, 0.15) is 5.82 Å².